The van der Waals surface area contributed by atoms with Crippen LogP contribution in [-0.4, -0.2) is 17.0 Å². The van der Waals surface area contributed by atoms with Crippen LogP contribution in [0.15, 0.2) is 34.9 Å². The summed E-state index contributed by atoms with van der Waals surface area (Å²) in [6, 6.07) is 9.42. The zero-order chi connectivity index (χ0) is 15.7. The summed E-state index contributed by atoms with van der Waals surface area (Å²) in [6.45, 7) is 0. The van der Waals surface area contributed by atoms with Gasteiger partial charge in [-0.1, -0.05) is 35.5 Å². The van der Waals surface area contributed by atoms with E-state index >= 15 is 0 Å². The SMILES string of the molecule is NNC(=O)C1CC(c2c(-c3ccccc3)noc2C(N)=O)C1. The van der Waals surface area contributed by atoms with Crippen molar-refractivity contribution in [2.24, 2.45) is 17.5 Å². The zero-order valence-electron chi connectivity index (χ0n) is 11.8. The normalized spacial score (nSPS) is 20.2. The van der Waals surface area contributed by atoms with Gasteiger partial charge in [-0.15, -0.1) is 0 Å². The molecule has 114 valence electrons. The predicted molar refractivity (Wildman–Crippen MR) is 78.3 cm³/mol. The molecule has 1 saturated carbocycles. The molecule has 0 aliphatic heterocycles. The van der Waals surface area contributed by atoms with Gasteiger partial charge in [0.2, 0.25) is 11.7 Å². The highest BCUT2D eigenvalue weighted by atomic mass is 16.5. The number of nitrogens with one attached hydrogen (secondary N) is 1. The molecular weight excluding hydrogens is 284 g/mol. The maximum Gasteiger partial charge on any atom is 0.287 e. The van der Waals surface area contributed by atoms with Crippen molar-refractivity contribution in [3.05, 3.63) is 41.7 Å². The van der Waals surface area contributed by atoms with Crippen molar-refractivity contribution < 1.29 is 14.1 Å². The molecule has 0 atom stereocenters. The van der Waals surface area contributed by atoms with Gasteiger partial charge in [0.15, 0.2) is 0 Å². The monoisotopic (exact) mass is 300 g/mol. The molecule has 7 nitrogen and oxygen atoms in total. The topological polar surface area (TPSA) is 124 Å². The summed E-state index contributed by atoms with van der Waals surface area (Å²) in [5, 5.41) is 4.00. The second kappa shape index (κ2) is 5.61. The third kappa shape index (κ3) is 2.35. The van der Waals surface area contributed by atoms with Crippen molar-refractivity contribution in [2.45, 2.75) is 18.8 Å². The Bertz CT molecular complexity index is 705. The highest BCUT2D eigenvalue weighted by Crippen LogP contribution is 2.46. The Morgan fingerprint density at radius 2 is 1.91 bits per heavy atom. The molecule has 2 aromatic rings. The highest BCUT2D eigenvalue weighted by Gasteiger charge is 2.40. The van der Waals surface area contributed by atoms with Gasteiger partial charge in [0, 0.05) is 17.0 Å². The first-order valence-corrected chi connectivity index (χ1v) is 6.97. The molecule has 1 aliphatic rings. The number of benzene rings is 1. The minimum absolute atomic E-state index is 0.00579. The van der Waals surface area contributed by atoms with Gasteiger partial charge in [0.25, 0.3) is 5.91 Å². The van der Waals surface area contributed by atoms with Gasteiger partial charge in [-0.25, -0.2) is 5.84 Å². The van der Waals surface area contributed by atoms with Gasteiger partial charge < -0.3 is 10.3 Å². The lowest BCUT2D eigenvalue weighted by atomic mass is 9.70. The number of carbonyl (C=O) groups excluding carboxylic acids is 2. The first kappa shape index (κ1) is 14.3. The minimum Gasteiger partial charge on any atom is -0.363 e. The molecule has 1 aromatic carbocycles. The first-order valence-electron chi connectivity index (χ1n) is 6.97. The molecule has 1 heterocycles. The van der Waals surface area contributed by atoms with E-state index in [-0.39, 0.29) is 23.5 Å². The second-order valence-corrected chi connectivity index (χ2v) is 5.38. The van der Waals surface area contributed by atoms with E-state index < -0.39 is 5.91 Å². The Hall–Kier alpha value is -2.67. The van der Waals surface area contributed by atoms with Crippen LogP contribution >= 0.6 is 0 Å². The smallest absolute Gasteiger partial charge is 0.287 e. The lowest BCUT2D eigenvalue weighted by Crippen LogP contribution is -2.41. The van der Waals surface area contributed by atoms with Crippen molar-refractivity contribution in [3.63, 3.8) is 0 Å². The van der Waals surface area contributed by atoms with Crippen molar-refractivity contribution in [1.29, 1.82) is 0 Å². The Morgan fingerprint density at radius 1 is 1.23 bits per heavy atom. The van der Waals surface area contributed by atoms with E-state index in [2.05, 4.69) is 10.6 Å². The van der Waals surface area contributed by atoms with E-state index in [1.165, 1.54) is 0 Å². The largest absolute Gasteiger partial charge is 0.363 e. The molecule has 1 fully saturated rings. The van der Waals surface area contributed by atoms with Crippen LogP contribution in [0.25, 0.3) is 11.3 Å². The van der Waals surface area contributed by atoms with Crippen molar-refractivity contribution in [2.75, 3.05) is 0 Å². The molecular formula is C15H16N4O3. The molecule has 5 N–H and O–H groups in total. The fourth-order valence-electron chi connectivity index (χ4n) is 2.84. The number of hydrogen-bond acceptors (Lipinski definition) is 5. The van der Waals surface area contributed by atoms with Gasteiger partial charge in [-0.2, -0.15) is 0 Å². The quantitative estimate of drug-likeness (QED) is 0.440. The van der Waals surface area contributed by atoms with Crippen LogP contribution in [0.2, 0.25) is 0 Å². The first-order chi connectivity index (χ1) is 10.6. The van der Waals surface area contributed by atoms with E-state index in [4.69, 9.17) is 16.1 Å². The fraction of sp³-hybridized carbons (Fsp3) is 0.267. The molecule has 3 rings (SSSR count). The van der Waals surface area contributed by atoms with Crippen LogP contribution in [0.1, 0.15) is 34.9 Å². The van der Waals surface area contributed by atoms with Crippen LogP contribution in [0.4, 0.5) is 0 Å². The summed E-state index contributed by atoms with van der Waals surface area (Å²) < 4.78 is 5.14. The number of nitrogens with zero attached hydrogens (tertiary/aromatic N) is 1. The van der Waals surface area contributed by atoms with Gasteiger partial charge in [0.05, 0.1) is 0 Å². The van der Waals surface area contributed by atoms with Gasteiger partial charge >= 0.3 is 0 Å². The maximum atomic E-state index is 11.6. The molecule has 2 amide bonds. The lowest BCUT2D eigenvalue weighted by molar-refractivity contribution is -0.128. The van der Waals surface area contributed by atoms with Crippen LogP contribution < -0.4 is 17.0 Å². The number of hydrogen-bond donors (Lipinski definition) is 3. The molecule has 0 unspecified atom stereocenters. The summed E-state index contributed by atoms with van der Waals surface area (Å²) in [6.07, 6.45) is 1.18. The Morgan fingerprint density at radius 3 is 2.50 bits per heavy atom. The van der Waals surface area contributed by atoms with Crippen LogP contribution in [-0.2, 0) is 4.79 Å². The van der Waals surface area contributed by atoms with Crippen molar-refractivity contribution in [3.8, 4) is 11.3 Å². The number of aromatic nitrogens is 1. The molecule has 22 heavy (non-hydrogen) atoms. The average molecular weight is 300 g/mol. The molecule has 0 saturated heterocycles. The van der Waals surface area contributed by atoms with E-state index in [1.807, 2.05) is 30.3 Å². The third-order valence-corrected chi connectivity index (χ3v) is 4.06. The zero-order valence-corrected chi connectivity index (χ0v) is 11.8. The molecule has 0 radical (unpaired) electrons. The Labute approximate surface area is 126 Å². The maximum absolute atomic E-state index is 11.6. The van der Waals surface area contributed by atoms with Crippen molar-refractivity contribution in [1.82, 2.24) is 10.6 Å². The average Bonchev–Trinajstić information content (AvgIpc) is 2.91. The number of hydrazine groups is 1. The number of carbonyl (C=O) groups is 2. The summed E-state index contributed by atoms with van der Waals surface area (Å²) in [5.74, 6) is 4.20. The standard InChI is InChI=1S/C15H16N4O3/c16-14(20)13-11(9-6-10(7-9)15(21)18-17)12(19-22-13)8-4-2-1-3-5-8/h1-5,9-10H,6-7,17H2,(H2,16,20)(H,18,21). The van der Waals surface area contributed by atoms with Crippen molar-refractivity contribution >= 4 is 11.8 Å². The number of rotatable bonds is 4. The van der Waals surface area contributed by atoms with E-state index in [0.29, 0.717) is 24.1 Å². The van der Waals surface area contributed by atoms with Gasteiger partial charge in [-0.05, 0) is 18.8 Å². The summed E-state index contributed by atoms with van der Waals surface area (Å²) in [5.41, 5.74) is 9.65. The number of primary amides is 1. The summed E-state index contributed by atoms with van der Waals surface area (Å²) in [4.78, 5) is 23.1. The summed E-state index contributed by atoms with van der Waals surface area (Å²) >= 11 is 0. The Balaban J connectivity index is 1.94. The van der Waals surface area contributed by atoms with E-state index in [0.717, 1.165) is 5.56 Å². The lowest BCUT2D eigenvalue weighted by Gasteiger charge is -2.33. The van der Waals surface area contributed by atoms with Gasteiger partial charge in [-0.3, -0.25) is 15.0 Å². The molecule has 7 heteroatoms. The molecule has 0 bridgehead atoms. The molecule has 1 aromatic heterocycles. The number of nitrogens with two attached hydrogens (primary N) is 2. The summed E-state index contributed by atoms with van der Waals surface area (Å²) in [7, 11) is 0. The predicted octanol–water partition coefficient (Wildman–Crippen LogP) is 0.924. The fourth-order valence-corrected chi connectivity index (χ4v) is 2.84. The Kier molecular flexibility index (Phi) is 3.64. The highest BCUT2D eigenvalue weighted by molar-refractivity contribution is 5.93. The van der Waals surface area contributed by atoms with Crippen LogP contribution in [0, 0.1) is 5.92 Å². The molecule has 0 spiro atoms. The second-order valence-electron chi connectivity index (χ2n) is 5.38. The third-order valence-electron chi connectivity index (χ3n) is 4.06. The van der Waals surface area contributed by atoms with Crippen LogP contribution in [0.5, 0.6) is 0 Å². The number of amides is 2. The molecule has 1 aliphatic carbocycles. The van der Waals surface area contributed by atoms with Gasteiger partial charge in [0.1, 0.15) is 5.69 Å². The van der Waals surface area contributed by atoms with E-state index in [9.17, 15) is 9.59 Å². The minimum atomic E-state index is -0.656. The van der Waals surface area contributed by atoms with E-state index in [1.54, 1.807) is 0 Å². The van der Waals surface area contributed by atoms with Crippen LogP contribution in [0.3, 0.4) is 0 Å².